The maximum absolute atomic E-state index is 9.99. The van der Waals surface area contributed by atoms with Crippen LogP contribution in [-0.2, 0) is 14.4 Å². The Bertz CT molecular complexity index is 258. The molecule has 0 heterocycles. The third-order valence-electron chi connectivity index (χ3n) is 1.38. The third-order valence-corrected chi connectivity index (χ3v) is 1.38. The number of hydrogen-bond acceptors (Lipinski definition) is 5. The fourth-order valence-corrected chi connectivity index (χ4v) is 0.402. The zero-order valence-electron chi connectivity index (χ0n) is 9.79. The number of rotatable bonds is 5. The summed E-state index contributed by atoms with van der Waals surface area (Å²) in [6.07, 6.45) is -0.224. The van der Waals surface area contributed by atoms with Gasteiger partial charge in [0.2, 0.25) is 0 Å². The first kappa shape index (κ1) is 21.6. The van der Waals surface area contributed by atoms with Crippen LogP contribution < -0.4 is 11.5 Å². The Morgan fingerprint density at radius 1 is 1.06 bits per heavy atom. The number of nitrogens with two attached hydrogens (primary N) is 2. The summed E-state index contributed by atoms with van der Waals surface area (Å²) < 4.78 is 0. The van der Waals surface area contributed by atoms with Crippen LogP contribution in [0, 0.1) is 0 Å². The van der Waals surface area contributed by atoms with Crippen LogP contribution in [-0.4, -0.2) is 74.9 Å². The fourth-order valence-electron chi connectivity index (χ4n) is 0.402. The van der Waals surface area contributed by atoms with Crippen LogP contribution in [0.25, 0.3) is 0 Å². The molecule has 9 heteroatoms. The fraction of sp³-hybridized carbons (Fsp3) is 0.625. The summed E-state index contributed by atoms with van der Waals surface area (Å²) in [4.78, 5) is 29.4. The van der Waals surface area contributed by atoms with Gasteiger partial charge in [0.25, 0.3) is 0 Å². The summed E-state index contributed by atoms with van der Waals surface area (Å²) in [5, 5.41) is 24.1. The van der Waals surface area contributed by atoms with E-state index in [9.17, 15) is 14.4 Å². The molecule has 0 aliphatic carbocycles. The predicted molar refractivity (Wildman–Crippen MR) is 59.5 cm³/mol. The predicted octanol–water partition coefficient (Wildman–Crippen LogP) is -1.70. The Morgan fingerprint density at radius 3 is 1.59 bits per heavy atom. The first-order valence-corrected chi connectivity index (χ1v) is 4.37. The molecule has 0 aliphatic rings. The van der Waals surface area contributed by atoms with E-state index in [1.165, 1.54) is 6.92 Å². The van der Waals surface area contributed by atoms with Crippen molar-refractivity contribution in [1.29, 1.82) is 0 Å². The van der Waals surface area contributed by atoms with Crippen molar-refractivity contribution in [2.75, 3.05) is 0 Å². The van der Waals surface area contributed by atoms with E-state index in [4.69, 9.17) is 26.8 Å². The maximum Gasteiger partial charge on any atom is 0.320 e. The first-order chi connectivity index (χ1) is 7.18. The molecule has 0 aromatic carbocycles. The Kier molecular flexibility index (Phi) is 15.0. The van der Waals surface area contributed by atoms with Gasteiger partial charge in [-0.25, -0.2) is 0 Å². The van der Waals surface area contributed by atoms with Crippen LogP contribution in [0.2, 0.25) is 0 Å². The van der Waals surface area contributed by atoms with Crippen LogP contribution in [0.1, 0.15) is 19.8 Å². The van der Waals surface area contributed by atoms with E-state index < -0.39 is 30.0 Å². The topological polar surface area (TPSA) is 164 Å². The van der Waals surface area contributed by atoms with E-state index in [1.807, 2.05) is 0 Å². The molecule has 95 valence electrons. The standard InChI is InChI=1S/C5H9NO4.C3H7NO2.Na/c6-3(5(9)10)1-2-4(7)8;1-2(4)3(5)6;/h3H,1-2,6H2,(H,7,8)(H,9,10);2H,4H2,1H3,(H,5,6);/t3-;2-;/m00./s1. The monoisotopic (exact) mass is 259 g/mol. The van der Waals surface area contributed by atoms with E-state index in [2.05, 4.69) is 0 Å². The average Bonchev–Trinajstić information content (AvgIpc) is 2.14. The van der Waals surface area contributed by atoms with Crippen molar-refractivity contribution < 1.29 is 29.7 Å². The van der Waals surface area contributed by atoms with Crippen LogP contribution in [0.15, 0.2) is 0 Å². The quantitative estimate of drug-likeness (QED) is 0.364. The zero-order chi connectivity index (χ0) is 13.3. The number of hydrogen-bond donors (Lipinski definition) is 5. The Morgan fingerprint density at radius 2 is 1.41 bits per heavy atom. The molecule has 0 aromatic heterocycles. The SMILES string of the molecule is C[C@H](N)C(=O)O.N[C@@H](CCC(=O)O)C(=O)O.[Na]. The number of carbonyl (C=O) groups is 3. The zero-order valence-corrected chi connectivity index (χ0v) is 11.8. The van der Waals surface area contributed by atoms with Crippen molar-refractivity contribution in [3.8, 4) is 0 Å². The summed E-state index contributed by atoms with van der Waals surface area (Å²) in [7, 11) is 0. The molecular formula is C8H16N2NaO6. The van der Waals surface area contributed by atoms with Gasteiger partial charge in [-0.15, -0.1) is 0 Å². The van der Waals surface area contributed by atoms with Gasteiger partial charge in [0.1, 0.15) is 12.1 Å². The molecule has 0 unspecified atom stereocenters. The van der Waals surface area contributed by atoms with E-state index in [-0.39, 0.29) is 42.4 Å². The summed E-state index contributed by atoms with van der Waals surface area (Å²) >= 11 is 0. The summed E-state index contributed by atoms with van der Waals surface area (Å²) in [6, 6.07) is -1.79. The van der Waals surface area contributed by atoms with E-state index in [0.717, 1.165) is 0 Å². The molecule has 0 amide bonds. The van der Waals surface area contributed by atoms with Gasteiger partial charge in [0.15, 0.2) is 0 Å². The van der Waals surface area contributed by atoms with Gasteiger partial charge in [-0.05, 0) is 13.3 Å². The van der Waals surface area contributed by atoms with Crippen LogP contribution in [0.5, 0.6) is 0 Å². The van der Waals surface area contributed by atoms with Crippen molar-refractivity contribution >= 4 is 47.5 Å². The van der Waals surface area contributed by atoms with Gasteiger partial charge in [-0.1, -0.05) is 0 Å². The van der Waals surface area contributed by atoms with E-state index in [1.54, 1.807) is 0 Å². The molecule has 0 bridgehead atoms. The second-order valence-electron chi connectivity index (χ2n) is 3.00. The van der Waals surface area contributed by atoms with Crippen LogP contribution in [0.4, 0.5) is 0 Å². The Balaban J connectivity index is -0.000000244. The Hall–Kier alpha value is -0.670. The van der Waals surface area contributed by atoms with Gasteiger partial charge < -0.3 is 26.8 Å². The van der Waals surface area contributed by atoms with Crippen molar-refractivity contribution in [2.24, 2.45) is 11.5 Å². The summed E-state index contributed by atoms with van der Waals surface area (Å²) in [5.74, 6) is -3.16. The maximum atomic E-state index is 9.99. The molecule has 8 nitrogen and oxygen atoms in total. The molecule has 0 rings (SSSR count). The largest absolute Gasteiger partial charge is 0.481 e. The molecule has 0 aliphatic heterocycles. The van der Waals surface area contributed by atoms with Gasteiger partial charge in [0, 0.05) is 36.0 Å². The second-order valence-corrected chi connectivity index (χ2v) is 3.00. The van der Waals surface area contributed by atoms with Crippen molar-refractivity contribution in [3.63, 3.8) is 0 Å². The average molecular weight is 259 g/mol. The van der Waals surface area contributed by atoms with Crippen molar-refractivity contribution in [2.45, 2.75) is 31.8 Å². The van der Waals surface area contributed by atoms with Gasteiger partial charge in [-0.3, -0.25) is 14.4 Å². The molecule has 0 saturated carbocycles. The van der Waals surface area contributed by atoms with E-state index >= 15 is 0 Å². The third kappa shape index (κ3) is 17.9. The molecule has 0 spiro atoms. The number of carboxylic acids is 3. The van der Waals surface area contributed by atoms with Gasteiger partial charge in [0.05, 0.1) is 0 Å². The number of carboxylic acid groups (broad SMARTS) is 3. The minimum atomic E-state index is -1.17. The van der Waals surface area contributed by atoms with Gasteiger partial charge in [-0.2, -0.15) is 0 Å². The molecule has 17 heavy (non-hydrogen) atoms. The molecular weight excluding hydrogens is 243 g/mol. The summed E-state index contributed by atoms with van der Waals surface area (Å²) in [6.45, 7) is 1.42. The molecule has 0 fully saturated rings. The van der Waals surface area contributed by atoms with Crippen LogP contribution in [0.3, 0.4) is 0 Å². The van der Waals surface area contributed by atoms with Crippen molar-refractivity contribution in [1.82, 2.24) is 0 Å². The van der Waals surface area contributed by atoms with Crippen molar-refractivity contribution in [3.05, 3.63) is 0 Å². The smallest absolute Gasteiger partial charge is 0.320 e. The minimum Gasteiger partial charge on any atom is -0.481 e. The molecule has 0 saturated heterocycles. The van der Waals surface area contributed by atoms with E-state index in [0.29, 0.717) is 0 Å². The molecule has 7 N–H and O–H groups in total. The molecule has 0 aromatic rings. The second kappa shape index (κ2) is 11.8. The minimum absolute atomic E-state index is 0. The molecule has 1 radical (unpaired) electrons. The van der Waals surface area contributed by atoms with Gasteiger partial charge >= 0.3 is 17.9 Å². The number of aliphatic carboxylic acids is 3. The van der Waals surface area contributed by atoms with Crippen LogP contribution >= 0.6 is 0 Å². The Labute approximate surface area is 120 Å². The summed E-state index contributed by atoms with van der Waals surface area (Å²) in [5.41, 5.74) is 9.84. The first-order valence-electron chi connectivity index (χ1n) is 4.37. The normalized spacial score (nSPS) is 12.2. The molecule has 2 atom stereocenters.